The van der Waals surface area contributed by atoms with E-state index in [1.54, 1.807) is 0 Å². The maximum Gasteiger partial charge on any atom is 4.00 e. The summed E-state index contributed by atoms with van der Waals surface area (Å²) in [5, 5.41) is 0. The van der Waals surface area contributed by atoms with Gasteiger partial charge >= 0.3 is 20.1 Å². The summed E-state index contributed by atoms with van der Waals surface area (Å²) in [5.41, 5.74) is 0. The Labute approximate surface area is 70.5 Å². The Hall–Kier alpha value is 1.86. The summed E-state index contributed by atoms with van der Waals surface area (Å²) < 4.78 is 0. The molecule has 0 amide bonds. The van der Waals surface area contributed by atoms with Crippen molar-refractivity contribution in [1.29, 1.82) is 0 Å². The molecule has 2 nitrogen and oxygen atoms in total. The van der Waals surface area contributed by atoms with E-state index in [9.17, 15) is 0 Å². The molecule has 5 heteroatoms. The fourth-order valence-corrected chi connectivity index (χ4v) is 0. The van der Waals surface area contributed by atoms with E-state index in [4.69, 9.17) is 0 Å². The normalized spacial score (nSPS) is 0. The summed E-state index contributed by atoms with van der Waals surface area (Å²) in [6, 6.07) is 0. The van der Waals surface area contributed by atoms with Gasteiger partial charge in [-0.1, -0.05) is 0 Å². The second kappa shape index (κ2) is 40.1. The maximum absolute atomic E-state index is 0. The molecule has 0 rings (SSSR count). The minimum Gasteiger partial charge on any atom is -2.00 e. The molecule has 0 atom stereocenters. The van der Waals surface area contributed by atoms with Crippen LogP contribution in [0, 0.1) is 0 Å². The van der Waals surface area contributed by atoms with Gasteiger partial charge in [-0.15, -0.1) is 0 Å². The minimum absolute atomic E-state index is 0. The number of hydrogen-bond acceptors (Lipinski definition) is 0. The Morgan fingerprint density at radius 3 is 0.800 bits per heavy atom. The predicted octanol–water partition coefficient (Wildman–Crippen LogP) is -0.245. The smallest absolute Gasteiger partial charge is 2.00 e. The van der Waals surface area contributed by atoms with Crippen LogP contribution in [0.4, 0.5) is 0 Å². The molecule has 0 saturated heterocycles. The van der Waals surface area contributed by atoms with Crippen molar-refractivity contribution in [2.24, 2.45) is 0 Å². The van der Waals surface area contributed by atoms with Gasteiger partial charge in [0.05, 0.1) is 0 Å². The van der Waals surface area contributed by atoms with Gasteiger partial charge in [0, 0.05) is 39.9 Å². The van der Waals surface area contributed by atoms with Gasteiger partial charge in [-0.25, -0.2) is 0 Å². The molecular weight excluding hydrogens is 432 g/mol. The van der Waals surface area contributed by atoms with Crippen molar-refractivity contribution >= 4 is 0 Å². The van der Waals surface area contributed by atoms with E-state index in [0.717, 1.165) is 0 Å². The molecule has 0 aliphatic rings. The summed E-state index contributed by atoms with van der Waals surface area (Å²) >= 11 is 0. The summed E-state index contributed by atoms with van der Waals surface area (Å²) in [6.45, 7) is 0. The molecule has 0 aromatic heterocycles. The molecule has 0 aliphatic heterocycles. The molecule has 0 aliphatic carbocycles. The van der Waals surface area contributed by atoms with Crippen molar-refractivity contribution in [2.45, 2.75) is 0 Å². The first-order chi connectivity index (χ1) is 0. The second-order valence-corrected chi connectivity index (χ2v) is 0. The van der Waals surface area contributed by atoms with Crippen LogP contribution in [0.1, 0.15) is 0 Å². The zero-order chi connectivity index (χ0) is 0. The van der Waals surface area contributed by atoms with E-state index in [0.29, 0.717) is 0 Å². The summed E-state index contributed by atoms with van der Waals surface area (Å²) in [7, 11) is 0. The van der Waals surface area contributed by atoms with Crippen molar-refractivity contribution in [1.82, 2.24) is 0 Å². The third kappa shape index (κ3) is 25.3. The van der Waals surface area contributed by atoms with Crippen LogP contribution < -0.4 is 0 Å². The van der Waals surface area contributed by atoms with Gasteiger partial charge in [0.15, 0.2) is 0 Å². The van der Waals surface area contributed by atoms with Crippen LogP contribution in [0.3, 0.4) is 0 Å². The zero-order valence-corrected chi connectivity index (χ0v) is 7.51. The van der Waals surface area contributed by atoms with Crippen LogP contribution in [-0.2, 0) is 71.0 Å². The van der Waals surface area contributed by atoms with Gasteiger partial charge < -0.3 is 11.0 Å². The van der Waals surface area contributed by atoms with E-state index in [2.05, 4.69) is 0 Å². The Morgan fingerprint density at radius 2 is 0.800 bits per heavy atom. The van der Waals surface area contributed by atoms with Crippen LogP contribution in [0.15, 0.2) is 0 Å². The minimum atomic E-state index is 0. The molecule has 1 radical (unpaired) electrons. The van der Waals surface area contributed by atoms with Gasteiger partial charge in [0.25, 0.3) is 0 Å². The Kier molecular flexibility index (Phi) is 548. The topological polar surface area (TPSA) is 57.0 Å². The molecule has 0 N–H and O–H groups in total. The van der Waals surface area contributed by atoms with Gasteiger partial charge in [-0.05, 0) is 0 Å². The van der Waals surface area contributed by atoms with Gasteiger partial charge in [-0.3, -0.25) is 0 Å². The van der Waals surface area contributed by atoms with E-state index >= 15 is 0 Å². The van der Waals surface area contributed by atoms with Crippen LogP contribution in [0.5, 0.6) is 0 Å². The van der Waals surface area contributed by atoms with Gasteiger partial charge in [-0.2, -0.15) is 0 Å². The second-order valence-electron chi connectivity index (χ2n) is 0. The van der Waals surface area contributed by atoms with Gasteiger partial charge in [0.2, 0.25) is 0 Å². The van der Waals surface area contributed by atoms with Crippen LogP contribution in [0.25, 0.3) is 0 Å². The number of rotatable bonds is 0. The maximum atomic E-state index is 0. The number of hydrogen-bond donors (Lipinski definition) is 0. The Bertz CT molecular complexity index is 9.61. The molecule has 0 aromatic rings. The quantitative estimate of drug-likeness (QED) is 0.475. The van der Waals surface area contributed by atoms with E-state index < -0.39 is 0 Å². The summed E-state index contributed by atoms with van der Waals surface area (Å²) in [6.07, 6.45) is 0. The monoisotopic (exact) mass is 433 g/mol. The van der Waals surface area contributed by atoms with Crippen molar-refractivity contribution in [3.05, 3.63) is 0 Å². The van der Waals surface area contributed by atoms with Crippen molar-refractivity contribution in [3.8, 4) is 0 Å². The van der Waals surface area contributed by atoms with E-state index in [1.807, 2.05) is 0 Å². The SMILES string of the molecule is [Ir+4].[O-2].[O-2].[Pd].[Ru]. The Morgan fingerprint density at radius 1 is 0.800 bits per heavy atom. The van der Waals surface area contributed by atoms with E-state index in [-0.39, 0.29) is 71.0 Å². The zero-order valence-electron chi connectivity index (χ0n) is 1.82. The molecule has 0 heterocycles. The molecule has 0 spiro atoms. The average molecular weight is 432 g/mol. The van der Waals surface area contributed by atoms with Crippen LogP contribution in [0.2, 0.25) is 0 Å². The first kappa shape index (κ1) is 68.3. The Balaban J connectivity index is 0. The molecule has 0 unspecified atom stereocenters. The third-order valence-corrected chi connectivity index (χ3v) is 0. The molecule has 0 saturated carbocycles. The van der Waals surface area contributed by atoms with Crippen LogP contribution in [-0.4, -0.2) is 0 Å². The molecular formula is IrO2PdRu. The van der Waals surface area contributed by atoms with Crippen LogP contribution >= 0.6 is 0 Å². The van der Waals surface area contributed by atoms with Crippen molar-refractivity contribution in [3.63, 3.8) is 0 Å². The van der Waals surface area contributed by atoms with E-state index in [1.165, 1.54) is 0 Å². The molecule has 39 valence electrons. The van der Waals surface area contributed by atoms with Crippen molar-refractivity contribution < 1.29 is 71.0 Å². The molecule has 0 fully saturated rings. The molecule has 5 heavy (non-hydrogen) atoms. The first-order valence-electron chi connectivity index (χ1n) is 0. The fraction of sp³-hybridized carbons (Fsp3) is 0. The predicted molar refractivity (Wildman–Crippen MR) is 1.37 cm³/mol. The average Bonchev–Trinajstić information content (AvgIpc) is 0. The van der Waals surface area contributed by atoms with Gasteiger partial charge in [0.1, 0.15) is 0 Å². The fourth-order valence-electron chi connectivity index (χ4n) is 0. The molecule has 0 bridgehead atoms. The first-order valence-corrected chi connectivity index (χ1v) is 0. The standard InChI is InChI=1S/Ir.2O.Pd.Ru/q+4;2*-2;;. The largest absolute Gasteiger partial charge is 4.00 e. The summed E-state index contributed by atoms with van der Waals surface area (Å²) in [5.74, 6) is 0. The van der Waals surface area contributed by atoms with Crippen molar-refractivity contribution in [2.75, 3.05) is 0 Å². The summed E-state index contributed by atoms with van der Waals surface area (Å²) in [4.78, 5) is 0. The molecule has 0 aromatic carbocycles. The third-order valence-electron chi connectivity index (χ3n) is 0.